The number of rotatable bonds is 8. The summed E-state index contributed by atoms with van der Waals surface area (Å²) in [6.07, 6.45) is 6.08. The number of benzene rings is 1. The van der Waals surface area contributed by atoms with Gasteiger partial charge in [-0.05, 0) is 25.5 Å². The summed E-state index contributed by atoms with van der Waals surface area (Å²) in [6, 6.07) is 2.66. The van der Waals surface area contributed by atoms with Gasteiger partial charge in [0.1, 0.15) is 5.82 Å². The number of Topliss-reactive ketones (excluding diaryl/α,β-unsaturated/α-hetero) is 1. The number of allylic oxidation sites excluding steroid dienone is 3. The molecule has 1 aliphatic rings. The molecule has 1 aromatic heterocycles. The lowest BCUT2D eigenvalue weighted by Gasteiger charge is -2.11. The summed E-state index contributed by atoms with van der Waals surface area (Å²) >= 11 is 13.1. The van der Waals surface area contributed by atoms with Crippen molar-refractivity contribution in [1.29, 1.82) is 0 Å². The number of carbonyl (C=O) groups excluding carboxylic acids is 1. The number of hydrogen-bond donors (Lipinski definition) is 1. The summed E-state index contributed by atoms with van der Waals surface area (Å²) < 4.78 is 16.2. The first-order valence-corrected chi connectivity index (χ1v) is 11.0. The van der Waals surface area contributed by atoms with Crippen LogP contribution in [0.3, 0.4) is 0 Å². The summed E-state index contributed by atoms with van der Waals surface area (Å²) in [5, 5.41) is 10.0. The number of carbonyl (C=O) groups is 2. The van der Waals surface area contributed by atoms with Crippen LogP contribution >= 0.6 is 35.0 Å². The Morgan fingerprint density at radius 1 is 1.34 bits per heavy atom. The third kappa shape index (κ3) is 4.55. The van der Waals surface area contributed by atoms with Crippen molar-refractivity contribution < 1.29 is 19.1 Å². The molecule has 1 atom stereocenters. The fraction of sp³-hybridized carbons (Fsp3) is 0.333. The Bertz CT molecular complexity index is 1030. The third-order valence-corrected chi connectivity index (χ3v) is 6.37. The molecular formula is C21H20Cl2FNO3S. The van der Waals surface area contributed by atoms with Crippen molar-refractivity contribution in [1.82, 2.24) is 4.57 Å². The van der Waals surface area contributed by atoms with E-state index < -0.39 is 11.8 Å². The molecule has 0 amide bonds. The number of fused-ring (bicyclic) bond motifs is 3. The van der Waals surface area contributed by atoms with Gasteiger partial charge in [-0.2, -0.15) is 0 Å². The smallest absolute Gasteiger partial charge is 0.304 e. The van der Waals surface area contributed by atoms with Gasteiger partial charge in [-0.1, -0.05) is 30.0 Å². The van der Waals surface area contributed by atoms with Gasteiger partial charge in [0, 0.05) is 50.7 Å². The normalized spacial score (nSPS) is 16.7. The Hall–Kier alpha value is -1.76. The van der Waals surface area contributed by atoms with Crippen LogP contribution in [0.25, 0.3) is 10.9 Å². The van der Waals surface area contributed by atoms with Gasteiger partial charge in [0.05, 0.1) is 11.9 Å². The molecule has 2 heterocycles. The van der Waals surface area contributed by atoms with Crippen molar-refractivity contribution >= 4 is 57.6 Å². The van der Waals surface area contributed by atoms with Gasteiger partial charge in [0.2, 0.25) is 0 Å². The van der Waals surface area contributed by atoms with Crippen LogP contribution in [0.4, 0.5) is 4.39 Å². The zero-order chi connectivity index (χ0) is 21.1. The highest BCUT2D eigenvalue weighted by Gasteiger charge is 2.33. The maximum Gasteiger partial charge on any atom is 0.304 e. The Kier molecular flexibility index (Phi) is 7.09. The molecule has 0 aliphatic carbocycles. The SMILES string of the molecule is CC(=O)c1cc(F)cc2c1c(SC(/C=C\CCl)=C/CCl)c1n2CCC1CC(=O)O. The molecule has 1 aliphatic heterocycles. The number of alkyl halides is 2. The second-order valence-corrected chi connectivity index (χ2v) is 8.47. The molecule has 4 nitrogen and oxygen atoms in total. The number of carboxylic acids is 1. The molecule has 1 aromatic carbocycles. The zero-order valence-electron chi connectivity index (χ0n) is 15.8. The predicted octanol–water partition coefficient (Wildman–Crippen LogP) is 5.95. The van der Waals surface area contributed by atoms with Gasteiger partial charge < -0.3 is 9.67 Å². The van der Waals surface area contributed by atoms with E-state index in [-0.39, 0.29) is 24.0 Å². The molecule has 29 heavy (non-hydrogen) atoms. The van der Waals surface area contributed by atoms with Crippen LogP contribution in [0.5, 0.6) is 0 Å². The molecule has 0 saturated heterocycles. The zero-order valence-corrected chi connectivity index (χ0v) is 18.1. The fourth-order valence-corrected chi connectivity index (χ4v) is 5.39. The van der Waals surface area contributed by atoms with Gasteiger partial charge in [-0.15, -0.1) is 23.2 Å². The standard InChI is InChI=1S/C21H20Cl2FNO3S/c1-12(26)16-10-14(24)11-17-19(16)21(29-15(4-7-23)3-2-6-22)20-13(9-18(27)28)5-8-25(17)20/h2-4,10-11,13H,5-9H2,1H3,(H,27,28)/b3-2-,15-4+. The van der Waals surface area contributed by atoms with Crippen LogP contribution < -0.4 is 0 Å². The molecule has 3 rings (SSSR count). The van der Waals surface area contributed by atoms with Gasteiger partial charge >= 0.3 is 5.97 Å². The summed E-state index contributed by atoms with van der Waals surface area (Å²) in [5.74, 6) is -1.20. The van der Waals surface area contributed by atoms with E-state index in [4.69, 9.17) is 23.2 Å². The number of hydrogen-bond acceptors (Lipinski definition) is 3. The van der Waals surface area contributed by atoms with Crippen molar-refractivity contribution in [2.24, 2.45) is 0 Å². The number of aliphatic carboxylic acids is 1. The molecule has 0 spiro atoms. The molecule has 1 unspecified atom stereocenters. The van der Waals surface area contributed by atoms with E-state index in [1.807, 2.05) is 16.7 Å². The van der Waals surface area contributed by atoms with E-state index in [0.29, 0.717) is 35.3 Å². The van der Waals surface area contributed by atoms with E-state index in [9.17, 15) is 19.1 Å². The maximum atomic E-state index is 14.3. The third-order valence-electron chi connectivity index (χ3n) is 4.88. The van der Waals surface area contributed by atoms with E-state index in [1.165, 1.54) is 30.8 Å². The first-order valence-electron chi connectivity index (χ1n) is 9.12. The number of aryl methyl sites for hydroxylation is 1. The summed E-state index contributed by atoms with van der Waals surface area (Å²) in [5.41, 5.74) is 1.75. The Morgan fingerprint density at radius 2 is 2.10 bits per heavy atom. The first-order chi connectivity index (χ1) is 13.9. The van der Waals surface area contributed by atoms with Crippen molar-refractivity contribution in [3.63, 3.8) is 0 Å². The summed E-state index contributed by atoms with van der Waals surface area (Å²) in [7, 11) is 0. The second kappa shape index (κ2) is 9.37. The molecular weight excluding hydrogens is 436 g/mol. The molecule has 1 N–H and O–H groups in total. The molecule has 8 heteroatoms. The molecule has 0 saturated carbocycles. The maximum absolute atomic E-state index is 14.3. The topological polar surface area (TPSA) is 59.3 Å². The Labute approximate surface area is 182 Å². The fourth-order valence-electron chi connectivity index (χ4n) is 3.78. The minimum absolute atomic E-state index is 0.0200. The quantitative estimate of drug-likeness (QED) is 0.231. The lowest BCUT2D eigenvalue weighted by Crippen LogP contribution is -2.04. The molecule has 154 valence electrons. The summed E-state index contributed by atoms with van der Waals surface area (Å²) in [6.45, 7) is 1.99. The minimum Gasteiger partial charge on any atom is -0.481 e. The number of halogens is 3. The van der Waals surface area contributed by atoms with Crippen LogP contribution in [0.2, 0.25) is 0 Å². The van der Waals surface area contributed by atoms with Gasteiger partial charge in [-0.25, -0.2) is 4.39 Å². The van der Waals surface area contributed by atoms with Crippen LogP contribution in [0, 0.1) is 5.82 Å². The highest BCUT2D eigenvalue weighted by atomic mass is 35.5. The number of aromatic nitrogens is 1. The lowest BCUT2D eigenvalue weighted by atomic mass is 9.99. The van der Waals surface area contributed by atoms with Crippen molar-refractivity contribution in [2.45, 2.75) is 37.1 Å². The molecule has 0 fully saturated rings. The average molecular weight is 456 g/mol. The monoisotopic (exact) mass is 455 g/mol. The van der Waals surface area contributed by atoms with Gasteiger partial charge in [0.25, 0.3) is 0 Å². The van der Waals surface area contributed by atoms with Crippen LogP contribution in [-0.2, 0) is 11.3 Å². The average Bonchev–Trinajstić information content (AvgIpc) is 3.18. The molecule has 0 radical (unpaired) electrons. The van der Waals surface area contributed by atoms with Gasteiger partial charge in [0.15, 0.2) is 5.78 Å². The van der Waals surface area contributed by atoms with Crippen molar-refractivity contribution in [2.75, 3.05) is 11.8 Å². The van der Waals surface area contributed by atoms with Gasteiger partial charge in [-0.3, -0.25) is 9.59 Å². The number of thioether (sulfide) groups is 1. The van der Waals surface area contributed by atoms with Crippen LogP contribution in [0.1, 0.15) is 41.7 Å². The lowest BCUT2D eigenvalue weighted by molar-refractivity contribution is -0.137. The van der Waals surface area contributed by atoms with E-state index in [1.54, 1.807) is 6.08 Å². The van der Waals surface area contributed by atoms with Crippen molar-refractivity contribution in [3.05, 3.63) is 52.3 Å². The highest BCUT2D eigenvalue weighted by molar-refractivity contribution is 8.03. The summed E-state index contributed by atoms with van der Waals surface area (Å²) in [4.78, 5) is 25.3. The highest BCUT2D eigenvalue weighted by Crippen LogP contribution is 2.48. The number of ketones is 1. The molecule has 2 aromatic rings. The molecule has 0 bridgehead atoms. The van der Waals surface area contributed by atoms with E-state index >= 15 is 0 Å². The Morgan fingerprint density at radius 3 is 2.72 bits per heavy atom. The Balaban J connectivity index is 2.28. The first kappa shape index (κ1) is 21.9. The van der Waals surface area contributed by atoms with Crippen LogP contribution in [-0.4, -0.2) is 33.2 Å². The van der Waals surface area contributed by atoms with Crippen molar-refractivity contribution in [3.8, 4) is 0 Å². The minimum atomic E-state index is -0.888. The van der Waals surface area contributed by atoms with Crippen LogP contribution in [0.15, 0.2) is 40.2 Å². The number of carboxylic acid groups (broad SMARTS) is 1. The van der Waals surface area contributed by atoms with E-state index in [2.05, 4.69) is 0 Å². The van der Waals surface area contributed by atoms with E-state index in [0.717, 1.165) is 15.5 Å². The second-order valence-electron chi connectivity index (χ2n) is 6.77. The largest absolute Gasteiger partial charge is 0.481 e. The number of nitrogens with zero attached hydrogens (tertiary/aromatic N) is 1. The predicted molar refractivity (Wildman–Crippen MR) is 116 cm³/mol.